The Kier molecular flexibility index (Phi) is 4.73. The average Bonchev–Trinajstić information content (AvgIpc) is 3.15. The smallest absolute Gasteiger partial charge is 0.416 e. The van der Waals surface area contributed by atoms with Gasteiger partial charge in [0, 0.05) is 18.7 Å². The van der Waals surface area contributed by atoms with Crippen LogP contribution in [0.1, 0.15) is 17.8 Å². The molecule has 150 valence electrons. The van der Waals surface area contributed by atoms with E-state index in [-0.39, 0.29) is 11.2 Å². The molecule has 2 heterocycles. The number of anilines is 1. The van der Waals surface area contributed by atoms with Crippen LogP contribution in [0.25, 0.3) is 10.9 Å². The molecule has 0 saturated heterocycles. The van der Waals surface area contributed by atoms with Crippen molar-refractivity contribution in [3.63, 3.8) is 0 Å². The van der Waals surface area contributed by atoms with Crippen LogP contribution in [0, 0.1) is 0 Å². The second kappa shape index (κ2) is 7.23. The SMILES string of the molecule is O=C(COc1ccc2nc3n(c(=O)c2c1)CCC3)Nc1cccc(C(F)(F)F)c1. The fourth-order valence-electron chi connectivity index (χ4n) is 3.27. The zero-order chi connectivity index (χ0) is 20.6. The third kappa shape index (κ3) is 3.94. The van der Waals surface area contributed by atoms with Gasteiger partial charge in [-0.25, -0.2) is 4.98 Å². The number of halogens is 3. The predicted molar refractivity (Wildman–Crippen MR) is 99.9 cm³/mol. The van der Waals surface area contributed by atoms with Gasteiger partial charge in [0.15, 0.2) is 6.61 Å². The molecule has 0 radical (unpaired) electrons. The predicted octanol–water partition coefficient (Wildman–Crippen LogP) is 3.38. The maximum Gasteiger partial charge on any atom is 0.416 e. The van der Waals surface area contributed by atoms with E-state index >= 15 is 0 Å². The quantitative estimate of drug-likeness (QED) is 0.725. The Morgan fingerprint density at radius 1 is 1.21 bits per heavy atom. The largest absolute Gasteiger partial charge is 0.484 e. The minimum Gasteiger partial charge on any atom is -0.484 e. The lowest BCUT2D eigenvalue weighted by molar-refractivity contribution is -0.137. The first-order valence-corrected chi connectivity index (χ1v) is 8.95. The van der Waals surface area contributed by atoms with Crippen LogP contribution in [0.4, 0.5) is 18.9 Å². The van der Waals surface area contributed by atoms with Gasteiger partial charge in [-0.2, -0.15) is 13.2 Å². The number of rotatable bonds is 4. The summed E-state index contributed by atoms with van der Waals surface area (Å²) in [5.41, 5.74) is -0.429. The van der Waals surface area contributed by atoms with Crippen LogP contribution < -0.4 is 15.6 Å². The van der Waals surface area contributed by atoms with Gasteiger partial charge in [0.2, 0.25) is 0 Å². The third-order valence-corrected chi connectivity index (χ3v) is 4.63. The van der Waals surface area contributed by atoms with E-state index in [1.54, 1.807) is 16.7 Å². The van der Waals surface area contributed by atoms with Gasteiger partial charge in [-0.3, -0.25) is 14.2 Å². The topological polar surface area (TPSA) is 73.2 Å². The Morgan fingerprint density at radius 2 is 2.03 bits per heavy atom. The molecule has 1 amide bonds. The number of hydrogen-bond donors (Lipinski definition) is 1. The molecule has 0 saturated carbocycles. The number of hydrogen-bond acceptors (Lipinski definition) is 4. The molecule has 4 rings (SSSR count). The molecule has 1 aliphatic rings. The zero-order valence-electron chi connectivity index (χ0n) is 15.1. The Hall–Kier alpha value is -3.36. The lowest BCUT2D eigenvalue weighted by Gasteiger charge is -2.11. The lowest BCUT2D eigenvalue weighted by Crippen LogP contribution is -2.22. The molecule has 6 nitrogen and oxygen atoms in total. The number of amides is 1. The summed E-state index contributed by atoms with van der Waals surface area (Å²) in [5, 5.41) is 2.76. The minimum absolute atomic E-state index is 0.0185. The molecule has 0 bridgehead atoms. The van der Waals surface area contributed by atoms with Crippen molar-refractivity contribution in [3.8, 4) is 5.75 Å². The van der Waals surface area contributed by atoms with Crippen molar-refractivity contribution in [2.75, 3.05) is 11.9 Å². The lowest BCUT2D eigenvalue weighted by atomic mass is 10.2. The van der Waals surface area contributed by atoms with Gasteiger partial charge in [0.25, 0.3) is 11.5 Å². The van der Waals surface area contributed by atoms with E-state index in [0.29, 0.717) is 23.2 Å². The van der Waals surface area contributed by atoms with Gasteiger partial charge in [-0.15, -0.1) is 0 Å². The molecule has 1 aromatic heterocycles. The van der Waals surface area contributed by atoms with E-state index in [1.807, 2.05) is 0 Å². The highest BCUT2D eigenvalue weighted by molar-refractivity contribution is 5.92. The van der Waals surface area contributed by atoms with Crippen molar-refractivity contribution in [2.24, 2.45) is 0 Å². The normalized spacial score (nSPS) is 13.3. The molecule has 0 spiro atoms. The molecule has 3 aromatic rings. The average molecular weight is 403 g/mol. The highest BCUT2D eigenvalue weighted by Gasteiger charge is 2.30. The van der Waals surface area contributed by atoms with Crippen molar-refractivity contribution in [1.29, 1.82) is 0 Å². The molecule has 29 heavy (non-hydrogen) atoms. The van der Waals surface area contributed by atoms with Crippen LogP contribution in [0.5, 0.6) is 5.75 Å². The van der Waals surface area contributed by atoms with Crippen LogP contribution in [0.2, 0.25) is 0 Å². The molecular weight excluding hydrogens is 387 g/mol. The zero-order valence-corrected chi connectivity index (χ0v) is 15.1. The molecule has 2 aromatic carbocycles. The molecule has 0 unspecified atom stereocenters. The first-order valence-electron chi connectivity index (χ1n) is 8.95. The highest BCUT2D eigenvalue weighted by Crippen LogP contribution is 2.30. The van der Waals surface area contributed by atoms with Crippen LogP contribution in [-0.4, -0.2) is 22.1 Å². The van der Waals surface area contributed by atoms with Crippen LogP contribution in [-0.2, 0) is 23.9 Å². The number of benzene rings is 2. The summed E-state index contributed by atoms with van der Waals surface area (Å²) in [7, 11) is 0. The summed E-state index contributed by atoms with van der Waals surface area (Å²) in [6.07, 6.45) is -2.86. The summed E-state index contributed by atoms with van der Waals surface area (Å²) < 4.78 is 45.3. The van der Waals surface area contributed by atoms with E-state index in [9.17, 15) is 22.8 Å². The molecule has 0 fully saturated rings. The summed E-state index contributed by atoms with van der Waals surface area (Å²) >= 11 is 0. The summed E-state index contributed by atoms with van der Waals surface area (Å²) in [5.74, 6) is 0.444. The maximum atomic E-state index is 12.7. The minimum atomic E-state index is -4.50. The van der Waals surface area contributed by atoms with Gasteiger partial charge in [0.05, 0.1) is 16.5 Å². The van der Waals surface area contributed by atoms with Crippen molar-refractivity contribution < 1.29 is 22.7 Å². The van der Waals surface area contributed by atoms with Gasteiger partial charge < -0.3 is 10.1 Å². The fraction of sp³-hybridized carbons (Fsp3) is 0.250. The molecular formula is C20H16F3N3O3. The van der Waals surface area contributed by atoms with Gasteiger partial charge in [-0.1, -0.05) is 6.07 Å². The van der Waals surface area contributed by atoms with Crippen LogP contribution >= 0.6 is 0 Å². The van der Waals surface area contributed by atoms with Crippen molar-refractivity contribution in [2.45, 2.75) is 25.6 Å². The number of aromatic nitrogens is 2. The first-order chi connectivity index (χ1) is 13.8. The Bertz CT molecular complexity index is 1160. The maximum absolute atomic E-state index is 12.7. The Balaban J connectivity index is 1.46. The van der Waals surface area contributed by atoms with Gasteiger partial charge in [-0.05, 0) is 42.8 Å². The van der Waals surface area contributed by atoms with E-state index in [2.05, 4.69) is 10.3 Å². The number of nitrogens with one attached hydrogen (secondary N) is 1. The fourth-order valence-corrected chi connectivity index (χ4v) is 3.27. The number of fused-ring (bicyclic) bond motifs is 2. The van der Waals surface area contributed by atoms with E-state index < -0.39 is 24.3 Å². The van der Waals surface area contributed by atoms with Crippen molar-refractivity contribution in [3.05, 3.63) is 64.2 Å². The number of carbonyl (C=O) groups is 1. The number of alkyl halides is 3. The number of carbonyl (C=O) groups excluding carboxylic acids is 1. The Labute approximate surface area is 162 Å². The summed E-state index contributed by atoms with van der Waals surface area (Å²) in [4.78, 5) is 29.1. The van der Waals surface area contributed by atoms with E-state index in [1.165, 1.54) is 18.2 Å². The van der Waals surface area contributed by atoms with Gasteiger partial charge >= 0.3 is 6.18 Å². The number of nitrogens with zero attached hydrogens (tertiary/aromatic N) is 2. The second-order valence-electron chi connectivity index (χ2n) is 6.68. The number of ether oxygens (including phenoxy) is 1. The van der Waals surface area contributed by atoms with Crippen LogP contribution in [0.3, 0.4) is 0 Å². The summed E-state index contributed by atoms with van der Waals surface area (Å²) in [6, 6.07) is 9.10. The molecule has 9 heteroatoms. The molecule has 0 atom stereocenters. The monoisotopic (exact) mass is 403 g/mol. The molecule has 1 aliphatic heterocycles. The summed E-state index contributed by atoms with van der Waals surface area (Å²) in [6.45, 7) is 0.211. The van der Waals surface area contributed by atoms with Crippen LogP contribution in [0.15, 0.2) is 47.3 Å². The third-order valence-electron chi connectivity index (χ3n) is 4.63. The highest BCUT2D eigenvalue weighted by atomic mass is 19.4. The second-order valence-corrected chi connectivity index (χ2v) is 6.68. The number of aryl methyl sites for hydroxylation is 1. The Morgan fingerprint density at radius 3 is 2.83 bits per heavy atom. The molecule has 0 aliphatic carbocycles. The van der Waals surface area contributed by atoms with E-state index in [4.69, 9.17) is 4.74 Å². The van der Waals surface area contributed by atoms with Crippen molar-refractivity contribution >= 4 is 22.5 Å². The standard InChI is InChI=1S/C20H16F3N3O3/c21-20(22,23)12-3-1-4-13(9-12)24-18(27)11-29-14-6-7-16-15(10-14)19(28)26-8-2-5-17(26)25-16/h1,3-4,6-7,9-10H,2,5,8,11H2,(H,24,27). The van der Waals surface area contributed by atoms with Crippen molar-refractivity contribution in [1.82, 2.24) is 9.55 Å². The van der Waals surface area contributed by atoms with Gasteiger partial charge in [0.1, 0.15) is 11.6 Å². The first kappa shape index (κ1) is 19.0. The van der Waals surface area contributed by atoms with E-state index in [0.717, 1.165) is 30.8 Å². The molecule has 1 N–H and O–H groups in total.